The summed E-state index contributed by atoms with van der Waals surface area (Å²) in [6.07, 6.45) is 1.03. The molecule has 0 aliphatic rings. The van der Waals surface area contributed by atoms with E-state index in [4.69, 9.17) is 9.47 Å². The van der Waals surface area contributed by atoms with Gasteiger partial charge >= 0.3 is 11.9 Å². The van der Waals surface area contributed by atoms with E-state index in [-0.39, 0.29) is 5.97 Å². The molecule has 4 heteroatoms. The Morgan fingerprint density at radius 2 is 1.37 bits per heavy atom. The molecule has 4 nitrogen and oxygen atoms in total. The molecule has 0 amide bonds. The summed E-state index contributed by atoms with van der Waals surface area (Å²) >= 11 is 0. The second-order valence-electron chi connectivity index (χ2n) is 4.61. The van der Waals surface area contributed by atoms with Gasteiger partial charge in [-0.25, -0.2) is 4.79 Å². The molecular formula is C15H26O4. The minimum absolute atomic E-state index is 0.294. The van der Waals surface area contributed by atoms with Crippen LogP contribution < -0.4 is 0 Å². The van der Waals surface area contributed by atoms with E-state index in [1.54, 1.807) is 13.8 Å². The van der Waals surface area contributed by atoms with E-state index < -0.39 is 11.4 Å². The molecule has 0 aromatic heterocycles. The summed E-state index contributed by atoms with van der Waals surface area (Å²) in [6.45, 7) is 11.6. The van der Waals surface area contributed by atoms with Crippen LogP contribution >= 0.6 is 0 Å². The van der Waals surface area contributed by atoms with Gasteiger partial charge in [-0.15, -0.1) is 0 Å². The van der Waals surface area contributed by atoms with Crippen LogP contribution in [0.3, 0.4) is 0 Å². The molecule has 0 bridgehead atoms. The molecule has 0 aliphatic carbocycles. The first-order chi connectivity index (χ1) is 8.91. The quantitative estimate of drug-likeness (QED) is 0.526. The highest BCUT2D eigenvalue weighted by Gasteiger charge is 2.44. The first kappa shape index (κ1) is 17.7. The van der Waals surface area contributed by atoms with Crippen molar-refractivity contribution in [1.82, 2.24) is 0 Å². The fraction of sp³-hybridized carbons (Fsp3) is 0.733. The highest BCUT2D eigenvalue weighted by Crippen LogP contribution is 2.39. The highest BCUT2D eigenvalue weighted by atomic mass is 16.5. The molecule has 0 saturated carbocycles. The van der Waals surface area contributed by atoms with E-state index in [2.05, 4.69) is 0 Å². The molecule has 0 aliphatic heterocycles. The predicted octanol–water partition coefficient (Wildman–Crippen LogP) is 3.26. The van der Waals surface area contributed by atoms with Crippen LogP contribution in [0.15, 0.2) is 11.1 Å². The van der Waals surface area contributed by atoms with Crippen molar-refractivity contribution in [3.8, 4) is 0 Å². The van der Waals surface area contributed by atoms with Gasteiger partial charge in [-0.2, -0.15) is 0 Å². The maximum absolute atomic E-state index is 12.3. The molecule has 0 spiro atoms. The van der Waals surface area contributed by atoms with Crippen molar-refractivity contribution in [3.63, 3.8) is 0 Å². The van der Waals surface area contributed by atoms with Gasteiger partial charge < -0.3 is 9.47 Å². The lowest BCUT2D eigenvalue weighted by atomic mass is 9.73. The van der Waals surface area contributed by atoms with Gasteiger partial charge in [-0.3, -0.25) is 4.79 Å². The Labute approximate surface area is 116 Å². The molecule has 0 radical (unpaired) electrons. The van der Waals surface area contributed by atoms with Crippen molar-refractivity contribution in [2.75, 3.05) is 13.2 Å². The first-order valence-corrected chi connectivity index (χ1v) is 6.93. The first-order valence-electron chi connectivity index (χ1n) is 6.93. The summed E-state index contributed by atoms with van der Waals surface area (Å²) in [4.78, 5) is 24.5. The Morgan fingerprint density at radius 3 is 1.68 bits per heavy atom. The van der Waals surface area contributed by atoms with Gasteiger partial charge in [0.25, 0.3) is 0 Å². The Bertz CT molecular complexity index is 347. The topological polar surface area (TPSA) is 52.6 Å². The third-order valence-corrected chi connectivity index (χ3v) is 3.33. The molecule has 0 N–H and O–H groups in total. The number of allylic oxidation sites excluding steroid dienone is 1. The molecule has 0 aromatic rings. The van der Waals surface area contributed by atoms with Gasteiger partial charge in [0.1, 0.15) is 0 Å². The number of carbonyl (C=O) groups is 2. The predicted molar refractivity (Wildman–Crippen MR) is 74.7 cm³/mol. The molecule has 0 atom stereocenters. The summed E-state index contributed by atoms with van der Waals surface area (Å²) in [5.41, 5.74) is 0.342. The van der Waals surface area contributed by atoms with Crippen LogP contribution in [0.25, 0.3) is 0 Å². The van der Waals surface area contributed by atoms with Crippen molar-refractivity contribution < 1.29 is 19.1 Å². The zero-order valence-electron chi connectivity index (χ0n) is 13.0. The van der Waals surface area contributed by atoms with Gasteiger partial charge in [0.05, 0.1) is 24.2 Å². The largest absolute Gasteiger partial charge is 0.465 e. The molecule has 0 unspecified atom stereocenters. The van der Waals surface area contributed by atoms with Crippen LogP contribution in [0, 0.1) is 5.41 Å². The van der Waals surface area contributed by atoms with Gasteiger partial charge in [-0.1, -0.05) is 19.4 Å². The van der Waals surface area contributed by atoms with Gasteiger partial charge in [0.15, 0.2) is 0 Å². The third-order valence-electron chi connectivity index (χ3n) is 3.33. The summed E-state index contributed by atoms with van der Waals surface area (Å²) in [5.74, 6) is -0.761. The fourth-order valence-corrected chi connectivity index (χ4v) is 2.34. The zero-order chi connectivity index (χ0) is 15.1. The van der Waals surface area contributed by atoms with Gasteiger partial charge in [0.2, 0.25) is 0 Å². The average Bonchev–Trinajstić information content (AvgIpc) is 2.35. The monoisotopic (exact) mass is 270 g/mol. The van der Waals surface area contributed by atoms with Crippen LogP contribution in [0.4, 0.5) is 0 Å². The number of hydrogen-bond donors (Lipinski definition) is 0. The minimum atomic E-state index is -0.902. The second kappa shape index (κ2) is 7.97. The average molecular weight is 270 g/mol. The minimum Gasteiger partial charge on any atom is -0.465 e. The van der Waals surface area contributed by atoms with Crippen LogP contribution in [0.2, 0.25) is 0 Å². The number of ether oxygens (including phenoxy) is 2. The van der Waals surface area contributed by atoms with Crippen molar-refractivity contribution >= 4 is 11.9 Å². The number of rotatable bonds is 7. The Hall–Kier alpha value is -1.32. The second-order valence-corrected chi connectivity index (χ2v) is 4.61. The van der Waals surface area contributed by atoms with Crippen molar-refractivity contribution in [1.29, 1.82) is 0 Å². The Morgan fingerprint density at radius 1 is 0.895 bits per heavy atom. The lowest BCUT2D eigenvalue weighted by molar-refractivity contribution is -0.157. The molecule has 0 aromatic carbocycles. The smallest absolute Gasteiger partial charge is 0.335 e. The van der Waals surface area contributed by atoms with Crippen LogP contribution in [-0.2, 0) is 19.1 Å². The van der Waals surface area contributed by atoms with Gasteiger partial charge in [0, 0.05) is 0 Å². The molecule has 110 valence electrons. The van der Waals surface area contributed by atoms with Crippen LogP contribution in [-0.4, -0.2) is 25.2 Å². The molecule has 19 heavy (non-hydrogen) atoms. The maximum Gasteiger partial charge on any atom is 0.335 e. The third kappa shape index (κ3) is 3.82. The van der Waals surface area contributed by atoms with Gasteiger partial charge in [-0.05, 0) is 40.5 Å². The van der Waals surface area contributed by atoms with Crippen LogP contribution in [0.5, 0.6) is 0 Å². The molecular weight excluding hydrogens is 244 g/mol. The molecule has 0 heterocycles. The number of carbonyl (C=O) groups excluding carboxylic acids is 2. The summed E-state index contributed by atoms with van der Waals surface area (Å²) in [6, 6.07) is 0. The maximum atomic E-state index is 12.3. The highest BCUT2D eigenvalue weighted by molar-refractivity contribution is 5.98. The van der Waals surface area contributed by atoms with E-state index >= 15 is 0 Å². The lowest BCUT2D eigenvalue weighted by Gasteiger charge is -2.31. The standard InChI is InChI=1S/C15H26O4/c1-7-15(8-2,14(17)19-10-4)12(11(5)6)13(16)18-9-3/h7-10H2,1-6H3. The SMILES string of the molecule is CCOC(=O)C(=C(C)C)C(CC)(CC)C(=O)OCC. The fourth-order valence-electron chi connectivity index (χ4n) is 2.34. The Kier molecular flexibility index (Phi) is 7.42. The number of hydrogen-bond acceptors (Lipinski definition) is 4. The van der Waals surface area contributed by atoms with Crippen molar-refractivity contribution in [3.05, 3.63) is 11.1 Å². The zero-order valence-corrected chi connectivity index (χ0v) is 13.0. The molecule has 0 saturated heterocycles. The van der Waals surface area contributed by atoms with Crippen molar-refractivity contribution in [2.24, 2.45) is 5.41 Å². The summed E-state index contributed by atoms with van der Waals surface area (Å²) in [5, 5.41) is 0. The summed E-state index contributed by atoms with van der Waals surface area (Å²) in [7, 11) is 0. The van der Waals surface area contributed by atoms with E-state index in [0.717, 1.165) is 5.57 Å². The normalized spacial score (nSPS) is 10.8. The molecule has 0 rings (SSSR count). The van der Waals surface area contributed by atoms with E-state index in [9.17, 15) is 9.59 Å². The van der Waals surface area contributed by atoms with Crippen molar-refractivity contribution in [2.45, 2.75) is 54.4 Å². The van der Waals surface area contributed by atoms with Crippen LogP contribution in [0.1, 0.15) is 54.4 Å². The number of esters is 2. The van der Waals surface area contributed by atoms with E-state index in [0.29, 0.717) is 31.6 Å². The Balaban J connectivity index is 5.74. The summed E-state index contributed by atoms with van der Waals surface area (Å²) < 4.78 is 10.3. The molecule has 0 fully saturated rings. The lowest BCUT2D eigenvalue weighted by Crippen LogP contribution is -2.38. The van der Waals surface area contributed by atoms with E-state index in [1.807, 2.05) is 27.7 Å². The van der Waals surface area contributed by atoms with E-state index in [1.165, 1.54) is 0 Å².